The third-order valence-electron chi connectivity index (χ3n) is 5.71. The number of esters is 1. The fourth-order valence-corrected chi connectivity index (χ4v) is 4.07. The number of hydrogen-bond donors (Lipinski definition) is 1. The van der Waals surface area contributed by atoms with Gasteiger partial charge in [-0.2, -0.15) is 5.26 Å². The number of nitriles is 1. The van der Waals surface area contributed by atoms with Crippen LogP contribution in [0.5, 0.6) is 17.2 Å². The second-order valence-corrected chi connectivity index (χ2v) is 9.60. The lowest BCUT2D eigenvalue weighted by molar-refractivity contribution is -0.136. The first-order chi connectivity index (χ1) is 16.7. The maximum Gasteiger partial charge on any atom is 0.349 e. The normalized spacial score (nSPS) is 15.0. The maximum absolute atomic E-state index is 12.3. The van der Waals surface area contributed by atoms with Crippen molar-refractivity contribution in [3.05, 3.63) is 99.9 Å². The quantitative estimate of drug-likeness (QED) is 0.358. The highest BCUT2D eigenvalue weighted by molar-refractivity contribution is 6.32. The first kappa shape index (κ1) is 24.2. The summed E-state index contributed by atoms with van der Waals surface area (Å²) in [6, 6.07) is 22.2. The van der Waals surface area contributed by atoms with Gasteiger partial charge in [0, 0.05) is 11.6 Å². The van der Waals surface area contributed by atoms with E-state index in [9.17, 15) is 10.1 Å². The lowest BCUT2D eigenvalue weighted by Gasteiger charge is -2.27. The topological polar surface area (TPSA) is 94.6 Å². The zero-order chi connectivity index (χ0) is 25.2. The molecular weight excluding hydrogens is 464 g/mol. The number of allylic oxidation sites excluding steroid dienone is 1. The monoisotopic (exact) mass is 488 g/mol. The SMILES string of the molecule is CC(C)(C)c1ccc(C2C(C#N)=C(N)Oc3cc(OC(=O)COc4ccccc4Cl)ccc32)cc1. The van der Waals surface area contributed by atoms with Gasteiger partial charge in [-0.25, -0.2) is 4.79 Å². The van der Waals surface area contributed by atoms with Gasteiger partial charge in [-0.05, 0) is 34.7 Å². The molecule has 0 radical (unpaired) electrons. The van der Waals surface area contributed by atoms with Crippen molar-refractivity contribution in [2.45, 2.75) is 32.1 Å². The Kier molecular flexibility index (Phi) is 6.72. The molecule has 0 aromatic heterocycles. The number of carbonyl (C=O) groups excluding carboxylic acids is 1. The molecule has 1 aliphatic heterocycles. The molecule has 1 atom stereocenters. The van der Waals surface area contributed by atoms with Crippen molar-refractivity contribution in [1.82, 2.24) is 0 Å². The number of ether oxygens (including phenoxy) is 3. The molecule has 1 unspecified atom stereocenters. The van der Waals surface area contributed by atoms with Gasteiger partial charge in [0.05, 0.1) is 10.9 Å². The van der Waals surface area contributed by atoms with E-state index in [1.165, 1.54) is 5.56 Å². The number of fused-ring (bicyclic) bond motifs is 1. The average Bonchev–Trinajstić information content (AvgIpc) is 2.82. The highest BCUT2D eigenvalue weighted by atomic mass is 35.5. The summed E-state index contributed by atoms with van der Waals surface area (Å²) in [5.74, 6) is 0.107. The summed E-state index contributed by atoms with van der Waals surface area (Å²) in [7, 11) is 0. The minimum absolute atomic E-state index is 0.00732. The maximum atomic E-state index is 12.3. The highest BCUT2D eigenvalue weighted by Gasteiger charge is 2.31. The molecule has 2 N–H and O–H groups in total. The van der Waals surface area contributed by atoms with Crippen LogP contribution in [0, 0.1) is 11.3 Å². The Labute approximate surface area is 209 Å². The van der Waals surface area contributed by atoms with Crippen molar-refractivity contribution in [3.8, 4) is 23.3 Å². The van der Waals surface area contributed by atoms with Gasteiger partial charge in [0.25, 0.3) is 0 Å². The van der Waals surface area contributed by atoms with Crippen LogP contribution in [-0.2, 0) is 10.2 Å². The minimum Gasteiger partial charge on any atom is -0.480 e. The Morgan fingerprint density at radius 3 is 2.49 bits per heavy atom. The highest BCUT2D eigenvalue weighted by Crippen LogP contribution is 2.43. The molecule has 0 fully saturated rings. The van der Waals surface area contributed by atoms with Crippen molar-refractivity contribution in [1.29, 1.82) is 5.26 Å². The van der Waals surface area contributed by atoms with Gasteiger partial charge in [-0.15, -0.1) is 0 Å². The van der Waals surface area contributed by atoms with Crippen LogP contribution < -0.4 is 19.9 Å². The van der Waals surface area contributed by atoms with E-state index < -0.39 is 11.9 Å². The first-order valence-electron chi connectivity index (χ1n) is 11.1. The number of carbonyl (C=O) groups is 1. The van der Waals surface area contributed by atoms with Crippen LogP contribution in [-0.4, -0.2) is 12.6 Å². The number of para-hydroxylation sites is 1. The molecule has 7 heteroatoms. The van der Waals surface area contributed by atoms with E-state index in [0.717, 1.165) is 11.1 Å². The van der Waals surface area contributed by atoms with E-state index in [1.807, 2.05) is 12.1 Å². The zero-order valence-corrected chi connectivity index (χ0v) is 20.4. The van der Waals surface area contributed by atoms with Crippen LogP contribution in [0.25, 0.3) is 0 Å². The molecule has 0 bridgehead atoms. The van der Waals surface area contributed by atoms with Gasteiger partial charge in [0.15, 0.2) is 6.61 Å². The van der Waals surface area contributed by atoms with Gasteiger partial charge in [0.1, 0.15) is 28.9 Å². The zero-order valence-electron chi connectivity index (χ0n) is 19.7. The molecule has 0 saturated heterocycles. The van der Waals surface area contributed by atoms with Gasteiger partial charge >= 0.3 is 5.97 Å². The van der Waals surface area contributed by atoms with Crippen LogP contribution in [0.15, 0.2) is 78.2 Å². The predicted molar refractivity (Wildman–Crippen MR) is 133 cm³/mol. The number of nitrogens with zero attached hydrogens (tertiary/aromatic N) is 1. The summed E-state index contributed by atoms with van der Waals surface area (Å²) in [6.07, 6.45) is 0. The van der Waals surface area contributed by atoms with Gasteiger partial charge in [-0.1, -0.05) is 74.8 Å². The van der Waals surface area contributed by atoms with Crippen LogP contribution in [0.4, 0.5) is 0 Å². The van der Waals surface area contributed by atoms with E-state index in [-0.39, 0.29) is 23.7 Å². The summed E-state index contributed by atoms with van der Waals surface area (Å²) < 4.78 is 16.6. The van der Waals surface area contributed by atoms with Crippen molar-refractivity contribution in [2.24, 2.45) is 5.73 Å². The molecule has 4 rings (SSSR count). The molecule has 0 saturated carbocycles. The van der Waals surface area contributed by atoms with Crippen molar-refractivity contribution in [3.63, 3.8) is 0 Å². The molecule has 1 heterocycles. The number of rotatable bonds is 5. The van der Waals surface area contributed by atoms with Gasteiger partial charge in [0.2, 0.25) is 5.88 Å². The smallest absolute Gasteiger partial charge is 0.349 e. The molecule has 1 aliphatic rings. The molecule has 35 heavy (non-hydrogen) atoms. The van der Waals surface area contributed by atoms with E-state index in [1.54, 1.807) is 42.5 Å². The van der Waals surface area contributed by atoms with E-state index in [4.69, 9.17) is 31.5 Å². The summed E-state index contributed by atoms with van der Waals surface area (Å²) in [6.45, 7) is 6.12. The summed E-state index contributed by atoms with van der Waals surface area (Å²) in [5.41, 5.74) is 9.30. The Balaban J connectivity index is 1.56. The summed E-state index contributed by atoms with van der Waals surface area (Å²) in [4.78, 5) is 12.3. The lowest BCUT2D eigenvalue weighted by Crippen LogP contribution is -2.22. The van der Waals surface area contributed by atoms with Crippen LogP contribution in [0.2, 0.25) is 5.02 Å². The second kappa shape index (κ2) is 9.73. The third-order valence-corrected chi connectivity index (χ3v) is 6.03. The Morgan fingerprint density at radius 1 is 1.11 bits per heavy atom. The second-order valence-electron chi connectivity index (χ2n) is 9.19. The predicted octanol–water partition coefficient (Wildman–Crippen LogP) is 5.84. The third kappa shape index (κ3) is 5.26. The molecule has 3 aromatic rings. The molecule has 0 amide bonds. The standard InChI is InChI=1S/C28H25ClN2O4/c1-28(2,3)18-10-8-17(9-11-18)26-20-13-12-19(14-24(20)35-27(31)21(26)15-30)34-25(32)16-33-23-7-5-4-6-22(23)29/h4-14,26H,16,31H2,1-3H3. The molecule has 6 nitrogen and oxygen atoms in total. The van der Waals surface area contributed by atoms with Crippen molar-refractivity contribution in [2.75, 3.05) is 6.61 Å². The van der Waals surface area contributed by atoms with Crippen LogP contribution >= 0.6 is 11.6 Å². The fraction of sp³-hybridized carbons (Fsp3) is 0.214. The molecule has 3 aromatic carbocycles. The van der Waals surface area contributed by atoms with Crippen LogP contribution in [0.1, 0.15) is 43.4 Å². The van der Waals surface area contributed by atoms with E-state index in [0.29, 0.717) is 22.1 Å². The fourth-order valence-electron chi connectivity index (χ4n) is 3.88. The minimum atomic E-state index is -0.601. The van der Waals surface area contributed by atoms with Gasteiger partial charge < -0.3 is 19.9 Å². The van der Waals surface area contributed by atoms with Crippen molar-refractivity contribution >= 4 is 17.6 Å². The van der Waals surface area contributed by atoms with Crippen LogP contribution in [0.3, 0.4) is 0 Å². The molecule has 0 aliphatic carbocycles. The Hall–Kier alpha value is -3.95. The number of benzene rings is 3. The summed E-state index contributed by atoms with van der Waals surface area (Å²) in [5, 5.41) is 10.2. The molecule has 0 spiro atoms. The van der Waals surface area contributed by atoms with Crippen molar-refractivity contribution < 1.29 is 19.0 Å². The number of halogens is 1. The van der Waals surface area contributed by atoms with E-state index in [2.05, 4.69) is 39.0 Å². The Morgan fingerprint density at radius 2 is 1.83 bits per heavy atom. The Bertz CT molecular complexity index is 1330. The number of hydrogen-bond acceptors (Lipinski definition) is 6. The average molecular weight is 489 g/mol. The van der Waals surface area contributed by atoms with Gasteiger partial charge in [-0.3, -0.25) is 0 Å². The van der Waals surface area contributed by atoms with E-state index >= 15 is 0 Å². The first-order valence-corrected chi connectivity index (χ1v) is 11.4. The largest absolute Gasteiger partial charge is 0.480 e. The lowest BCUT2D eigenvalue weighted by atomic mass is 9.81. The summed E-state index contributed by atoms with van der Waals surface area (Å²) >= 11 is 6.05. The molecular formula is C28H25ClN2O4. The molecule has 178 valence electrons. The number of nitrogens with two attached hydrogens (primary N) is 1.